The largest absolute Gasteiger partial charge is 0.0666 e. The molecular weight excluding hydrogens is 196 g/mol. The highest BCUT2D eigenvalue weighted by molar-refractivity contribution is 6.52. The molecule has 1 heteroatoms. The molecule has 76 valence electrons. The zero-order chi connectivity index (χ0) is 10.5. The maximum atomic E-state index is 2.26. The number of hydrogen-bond donors (Lipinski definition) is 0. The predicted molar refractivity (Wildman–Crippen MR) is 69.5 cm³/mol. The molecule has 2 aromatic rings. The van der Waals surface area contributed by atoms with Crippen molar-refractivity contribution in [3.8, 4) is 0 Å². The molecule has 0 radical (unpaired) electrons. The van der Waals surface area contributed by atoms with E-state index in [-0.39, 0.29) is 9.52 Å². The summed E-state index contributed by atoms with van der Waals surface area (Å²) in [6.07, 6.45) is 0. The summed E-state index contributed by atoms with van der Waals surface area (Å²) in [5.41, 5.74) is 2.83. The average molecular weight is 212 g/mol. The van der Waals surface area contributed by atoms with E-state index in [0.29, 0.717) is 0 Å². The fourth-order valence-corrected chi connectivity index (χ4v) is 3.20. The molecule has 0 aromatic heterocycles. The summed E-state index contributed by atoms with van der Waals surface area (Å²) in [4.78, 5) is 0. The second-order valence-electron chi connectivity index (χ2n) is 3.97. The van der Waals surface area contributed by atoms with E-state index in [2.05, 4.69) is 61.5 Å². The molecule has 0 aliphatic carbocycles. The van der Waals surface area contributed by atoms with E-state index < -0.39 is 0 Å². The molecule has 0 N–H and O–H groups in total. The van der Waals surface area contributed by atoms with Crippen molar-refractivity contribution >= 4 is 14.7 Å². The first-order valence-corrected chi connectivity index (χ1v) is 7.15. The molecular formula is C14H16Si. The monoisotopic (exact) mass is 212 g/mol. The molecule has 0 aliphatic heterocycles. The third-order valence-corrected chi connectivity index (χ3v) is 4.54. The van der Waals surface area contributed by atoms with Crippen LogP contribution in [0.25, 0.3) is 0 Å². The van der Waals surface area contributed by atoms with Crippen molar-refractivity contribution in [2.24, 2.45) is 0 Å². The van der Waals surface area contributed by atoms with Gasteiger partial charge in [0.2, 0.25) is 0 Å². The summed E-state index contributed by atoms with van der Waals surface area (Å²) in [5, 5.41) is 1.55. The first-order chi connectivity index (χ1) is 7.34. The van der Waals surface area contributed by atoms with Crippen LogP contribution in [0.15, 0.2) is 54.6 Å². The molecule has 15 heavy (non-hydrogen) atoms. The van der Waals surface area contributed by atoms with E-state index >= 15 is 0 Å². The van der Waals surface area contributed by atoms with Crippen molar-refractivity contribution in [3.05, 3.63) is 65.7 Å². The Kier molecular flexibility index (Phi) is 3.35. The topological polar surface area (TPSA) is 0 Å². The molecule has 0 spiro atoms. The molecule has 2 aromatic carbocycles. The zero-order valence-electron chi connectivity index (χ0n) is 9.11. The van der Waals surface area contributed by atoms with Gasteiger partial charge in [-0.3, -0.25) is 0 Å². The van der Waals surface area contributed by atoms with Gasteiger partial charge in [0.25, 0.3) is 0 Å². The summed E-state index contributed by atoms with van der Waals surface area (Å²) in [6, 6.07) is 21.0. The highest BCUT2D eigenvalue weighted by Gasteiger charge is 1.95. The SMILES string of the molecule is Cc1ccc(C[SiH2]c2ccccc2)cc1. The second-order valence-corrected chi connectivity index (χ2v) is 5.79. The first-order valence-electron chi connectivity index (χ1n) is 5.44. The van der Waals surface area contributed by atoms with Gasteiger partial charge in [-0.15, -0.1) is 0 Å². The van der Waals surface area contributed by atoms with E-state index in [9.17, 15) is 0 Å². The average Bonchev–Trinajstić information content (AvgIpc) is 2.30. The van der Waals surface area contributed by atoms with Gasteiger partial charge >= 0.3 is 0 Å². The van der Waals surface area contributed by atoms with Crippen LogP contribution >= 0.6 is 0 Å². The lowest BCUT2D eigenvalue weighted by Gasteiger charge is -2.01. The van der Waals surface area contributed by atoms with Gasteiger partial charge in [-0.1, -0.05) is 70.9 Å². The maximum absolute atomic E-state index is 2.26. The van der Waals surface area contributed by atoms with E-state index in [0.717, 1.165) is 0 Å². The summed E-state index contributed by atoms with van der Waals surface area (Å²) < 4.78 is 0. The van der Waals surface area contributed by atoms with Gasteiger partial charge in [0.1, 0.15) is 0 Å². The van der Waals surface area contributed by atoms with Gasteiger partial charge in [-0.2, -0.15) is 0 Å². The van der Waals surface area contributed by atoms with Crippen LogP contribution in [0, 0.1) is 6.92 Å². The van der Waals surface area contributed by atoms with E-state index in [1.54, 1.807) is 5.19 Å². The molecule has 0 bridgehead atoms. The number of aryl methyl sites for hydroxylation is 1. The van der Waals surface area contributed by atoms with Crippen molar-refractivity contribution in [1.29, 1.82) is 0 Å². The molecule has 0 saturated heterocycles. The van der Waals surface area contributed by atoms with Gasteiger partial charge in [0.05, 0.1) is 9.52 Å². The molecule has 0 atom stereocenters. The van der Waals surface area contributed by atoms with Gasteiger partial charge in [-0.25, -0.2) is 0 Å². The van der Waals surface area contributed by atoms with E-state index in [1.807, 2.05) is 0 Å². The van der Waals surface area contributed by atoms with Crippen molar-refractivity contribution in [2.75, 3.05) is 0 Å². The Balaban J connectivity index is 1.96. The number of rotatable bonds is 3. The highest BCUT2D eigenvalue weighted by atomic mass is 28.2. The fraction of sp³-hybridized carbons (Fsp3) is 0.143. The molecule has 0 nitrogen and oxygen atoms in total. The Bertz CT molecular complexity index is 403. The third kappa shape index (κ3) is 3.06. The Morgan fingerprint density at radius 1 is 0.867 bits per heavy atom. The molecule has 0 heterocycles. The normalized spacial score (nSPS) is 11.0. The van der Waals surface area contributed by atoms with Gasteiger partial charge in [0, 0.05) is 0 Å². The fourth-order valence-electron chi connectivity index (χ4n) is 1.69. The molecule has 0 amide bonds. The van der Waals surface area contributed by atoms with Crippen LogP contribution in [0.5, 0.6) is 0 Å². The van der Waals surface area contributed by atoms with Crippen molar-refractivity contribution in [2.45, 2.75) is 13.0 Å². The summed E-state index contributed by atoms with van der Waals surface area (Å²) in [5.74, 6) is 0. The number of hydrogen-bond acceptors (Lipinski definition) is 0. The minimum atomic E-state index is -0.122. The van der Waals surface area contributed by atoms with Crippen LogP contribution in [-0.2, 0) is 6.04 Å². The smallest absolute Gasteiger partial charge is 0.0590 e. The standard InChI is InChI=1S/C14H16Si/c1-12-7-9-13(10-8-12)11-15-14-5-3-2-4-6-14/h2-10H,11,15H2,1H3. The van der Waals surface area contributed by atoms with Crippen molar-refractivity contribution < 1.29 is 0 Å². The van der Waals surface area contributed by atoms with Crippen LogP contribution in [-0.4, -0.2) is 9.52 Å². The third-order valence-electron chi connectivity index (χ3n) is 2.67. The van der Waals surface area contributed by atoms with Crippen LogP contribution in [0.4, 0.5) is 0 Å². The molecule has 0 unspecified atom stereocenters. The number of benzene rings is 2. The molecule has 2 rings (SSSR count). The van der Waals surface area contributed by atoms with Crippen molar-refractivity contribution in [1.82, 2.24) is 0 Å². The lowest BCUT2D eigenvalue weighted by atomic mass is 10.2. The molecule has 0 saturated carbocycles. The zero-order valence-corrected chi connectivity index (χ0v) is 10.5. The summed E-state index contributed by atoms with van der Waals surface area (Å²) in [6.45, 7) is 2.14. The Hall–Kier alpha value is -1.34. The van der Waals surface area contributed by atoms with Gasteiger partial charge in [-0.05, 0) is 13.0 Å². The molecule has 0 fully saturated rings. The Labute approximate surface area is 93.8 Å². The maximum Gasteiger partial charge on any atom is 0.0590 e. The van der Waals surface area contributed by atoms with E-state index in [1.165, 1.54) is 17.2 Å². The second kappa shape index (κ2) is 4.94. The van der Waals surface area contributed by atoms with E-state index in [4.69, 9.17) is 0 Å². The van der Waals surface area contributed by atoms with Gasteiger partial charge < -0.3 is 0 Å². The lowest BCUT2D eigenvalue weighted by Crippen LogP contribution is -2.15. The lowest BCUT2D eigenvalue weighted by molar-refractivity contribution is 1.35. The van der Waals surface area contributed by atoms with Gasteiger partial charge in [0.15, 0.2) is 0 Å². The Morgan fingerprint density at radius 2 is 1.53 bits per heavy atom. The minimum absolute atomic E-state index is 0.122. The van der Waals surface area contributed by atoms with Crippen LogP contribution in [0.1, 0.15) is 11.1 Å². The summed E-state index contributed by atoms with van der Waals surface area (Å²) >= 11 is 0. The summed E-state index contributed by atoms with van der Waals surface area (Å²) in [7, 11) is -0.122. The minimum Gasteiger partial charge on any atom is -0.0666 e. The van der Waals surface area contributed by atoms with Crippen LogP contribution < -0.4 is 5.19 Å². The molecule has 0 aliphatic rings. The van der Waals surface area contributed by atoms with Crippen molar-refractivity contribution in [3.63, 3.8) is 0 Å². The van der Waals surface area contributed by atoms with Crippen LogP contribution in [0.2, 0.25) is 0 Å². The predicted octanol–water partition coefficient (Wildman–Crippen LogP) is 1.99. The first kappa shape index (κ1) is 10.2. The highest BCUT2D eigenvalue weighted by Crippen LogP contribution is 2.02. The van der Waals surface area contributed by atoms with Crippen LogP contribution in [0.3, 0.4) is 0 Å². The quantitative estimate of drug-likeness (QED) is 0.683. The Morgan fingerprint density at radius 3 is 2.20 bits per heavy atom.